The summed E-state index contributed by atoms with van der Waals surface area (Å²) in [5.74, 6) is -2.29. The largest absolute Gasteiger partial charge is 0.417 e. The summed E-state index contributed by atoms with van der Waals surface area (Å²) in [6.07, 6.45) is -4.53. The first-order valence-electron chi connectivity index (χ1n) is 4.60. The number of halogens is 3. The van der Waals surface area contributed by atoms with Gasteiger partial charge in [0.2, 0.25) is 0 Å². The van der Waals surface area contributed by atoms with Crippen LogP contribution in [0.15, 0.2) is 0 Å². The number of hydrogen-bond donors (Lipinski definition) is 1. The van der Waals surface area contributed by atoms with E-state index in [0.717, 1.165) is 6.92 Å². The van der Waals surface area contributed by atoms with Gasteiger partial charge in [0.15, 0.2) is 11.5 Å². The van der Waals surface area contributed by atoms with E-state index in [2.05, 4.69) is 4.74 Å². The summed E-state index contributed by atoms with van der Waals surface area (Å²) in [5, 5.41) is 0. The fourth-order valence-electron chi connectivity index (χ4n) is 1.09. The van der Waals surface area contributed by atoms with Crippen molar-refractivity contribution >= 4 is 10.1 Å². The molecule has 0 amide bonds. The van der Waals surface area contributed by atoms with Gasteiger partial charge < -0.3 is 4.74 Å². The van der Waals surface area contributed by atoms with E-state index >= 15 is 0 Å². The molecule has 0 aliphatic rings. The van der Waals surface area contributed by atoms with Crippen molar-refractivity contribution in [2.24, 2.45) is 5.92 Å². The zero-order valence-electron chi connectivity index (χ0n) is 9.21. The molecule has 2 unspecified atom stereocenters. The second kappa shape index (κ2) is 4.89. The van der Waals surface area contributed by atoms with E-state index in [-0.39, 0.29) is 6.42 Å². The predicted molar refractivity (Wildman–Crippen MR) is 51.4 cm³/mol. The lowest BCUT2D eigenvalue weighted by Gasteiger charge is -2.36. The molecule has 2 atom stereocenters. The average Bonchev–Trinajstić information content (AvgIpc) is 2.09. The highest BCUT2D eigenvalue weighted by atomic mass is 32.2. The lowest BCUT2D eigenvalue weighted by Crippen LogP contribution is -2.50. The van der Waals surface area contributed by atoms with Crippen LogP contribution >= 0.6 is 0 Å². The van der Waals surface area contributed by atoms with Crippen LogP contribution in [0.4, 0.5) is 13.2 Å². The van der Waals surface area contributed by atoms with Gasteiger partial charge in [-0.05, 0) is 12.8 Å². The Hall–Kier alpha value is -0.340. The molecule has 0 aliphatic carbocycles. The normalized spacial score (nSPS) is 19.2. The molecule has 0 bridgehead atoms. The van der Waals surface area contributed by atoms with Gasteiger partial charge in [0, 0.05) is 0 Å². The minimum atomic E-state index is -4.70. The molecule has 0 rings (SSSR count). The lowest BCUT2D eigenvalue weighted by molar-refractivity contribution is -0.283. The van der Waals surface area contributed by atoms with E-state index in [1.165, 1.54) is 13.8 Å². The first-order valence-corrected chi connectivity index (χ1v) is 6.20. The number of rotatable bonds is 5. The van der Waals surface area contributed by atoms with Crippen LogP contribution in [0.25, 0.3) is 0 Å². The maximum absolute atomic E-state index is 12.7. The van der Waals surface area contributed by atoms with Crippen molar-refractivity contribution in [1.29, 1.82) is 0 Å². The van der Waals surface area contributed by atoms with Crippen LogP contribution in [0, 0.1) is 5.92 Å². The summed E-state index contributed by atoms with van der Waals surface area (Å²) in [6, 6.07) is 0. The molecule has 1 N–H and O–H groups in total. The van der Waals surface area contributed by atoms with Crippen molar-refractivity contribution in [3.05, 3.63) is 0 Å². The fourth-order valence-corrected chi connectivity index (χ4v) is 1.48. The zero-order valence-corrected chi connectivity index (χ0v) is 10.0. The standard InChI is InChI=1S/C8H15F3O4S/c1-4-6(2)7(3,8(9,10)11)15-5-16(12,13)14/h6H,4-5H2,1-3H3,(H,12,13,14). The number of alkyl halides is 3. The van der Waals surface area contributed by atoms with Gasteiger partial charge in [-0.1, -0.05) is 20.3 Å². The van der Waals surface area contributed by atoms with Crippen LogP contribution in [0.5, 0.6) is 0 Å². The van der Waals surface area contributed by atoms with E-state index < -0.39 is 33.8 Å². The smallest absolute Gasteiger partial charge is 0.347 e. The second-order valence-corrected chi connectivity index (χ2v) is 5.16. The molecule has 0 heterocycles. The van der Waals surface area contributed by atoms with Gasteiger partial charge in [-0.25, -0.2) is 0 Å². The average molecular weight is 264 g/mol. The van der Waals surface area contributed by atoms with E-state index in [9.17, 15) is 21.6 Å². The van der Waals surface area contributed by atoms with Gasteiger partial charge in [-0.2, -0.15) is 21.6 Å². The van der Waals surface area contributed by atoms with Crippen molar-refractivity contribution in [2.75, 3.05) is 5.94 Å². The van der Waals surface area contributed by atoms with Gasteiger partial charge in [0.05, 0.1) is 0 Å². The molecular weight excluding hydrogens is 249 g/mol. The third kappa shape index (κ3) is 3.91. The molecular formula is C8H15F3O4S. The highest BCUT2D eigenvalue weighted by Crippen LogP contribution is 2.40. The van der Waals surface area contributed by atoms with E-state index in [1.807, 2.05) is 0 Å². The molecule has 0 saturated carbocycles. The first kappa shape index (κ1) is 15.7. The molecule has 16 heavy (non-hydrogen) atoms. The Labute approximate surface area is 92.5 Å². The summed E-state index contributed by atoms with van der Waals surface area (Å²) < 4.78 is 71.6. The molecule has 98 valence electrons. The monoisotopic (exact) mass is 264 g/mol. The Balaban J connectivity index is 4.97. The zero-order chi connectivity index (χ0) is 13.2. The van der Waals surface area contributed by atoms with Gasteiger partial charge in [-0.15, -0.1) is 0 Å². The third-order valence-corrected chi connectivity index (χ3v) is 3.04. The van der Waals surface area contributed by atoms with Crippen molar-refractivity contribution in [2.45, 2.75) is 39.0 Å². The molecule has 0 aromatic carbocycles. The third-order valence-electron chi connectivity index (χ3n) is 2.62. The van der Waals surface area contributed by atoms with E-state index in [0.29, 0.717) is 0 Å². The van der Waals surface area contributed by atoms with E-state index in [4.69, 9.17) is 4.55 Å². The van der Waals surface area contributed by atoms with Crippen LogP contribution in [-0.4, -0.2) is 30.7 Å². The van der Waals surface area contributed by atoms with Crippen LogP contribution in [0.2, 0.25) is 0 Å². The van der Waals surface area contributed by atoms with Crippen molar-refractivity contribution in [3.63, 3.8) is 0 Å². The number of hydrogen-bond acceptors (Lipinski definition) is 3. The minimum Gasteiger partial charge on any atom is -0.347 e. The Morgan fingerprint density at radius 3 is 2.06 bits per heavy atom. The van der Waals surface area contributed by atoms with Gasteiger partial charge in [0.1, 0.15) is 0 Å². The molecule has 0 aliphatic heterocycles. The van der Waals surface area contributed by atoms with Crippen molar-refractivity contribution in [3.8, 4) is 0 Å². The Bertz CT molecular complexity index is 325. The summed E-state index contributed by atoms with van der Waals surface area (Å²) in [4.78, 5) is 0. The molecule has 4 nitrogen and oxygen atoms in total. The SMILES string of the molecule is CCC(C)C(C)(OCS(=O)(=O)O)C(F)(F)F. The summed E-state index contributed by atoms with van der Waals surface area (Å²) in [7, 11) is -4.58. The molecule has 0 aromatic rings. The molecule has 0 radical (unpaired) electrons. The van der Waals surface area contributed by atoms with Crippen molar-refractivity contribution in [1.82, 2.24) is 0 Å². The summed E-state index contributed by atoms with van der Waals surface area (Å²) in [6.45, 7) is 3.61. The summed E-state index contributed by atoms with van der Waals surface area (Å²) in [5.41, 5.74) is -2.59. The van der Waals surface area contributed by atoms with Crippen LogP contribution < -0.4 is 0 Å². The molecule has 0 spiro atoms. The first-order chi connectivity index (χ1) is 6.94. The summed E-state index contributed by atoms with van der Waals surface area (Å²) >= 11 is 0. The quantitative estimate of drug-likeness (QED) is 0.773. The molecule has 0 aromatic heterocycles. The van der Waals surface area contributed by atoms with Gasteiger partial charge >= 0.3 is 6.18 Å². The second-order valence-electron chi connectivity index (χ2n) is 3.76. The minimum absolute atomic E-state index is 0.168. The van der Waals surface area contributed by atoms with Crippen LogP contribution in [0.3, 0.4) is 0 Å². The van der Waals surface area contributed by atoms with E-state index in [1.54, 1.807) is 0 Å². The van der Waals surface area contributed by atoms with Gasteiger partial charge in [-0.3, -0.25) is 4.55 Å². The van der Waals surface area contributed by atoms with Gasteiger partial charge in [0.25, 0.3) is 10.1 Å². The number of ether oxygens (including phenoxy) is 1. The maximum Gasteiger partial charge on any atom is 0.417 e. The molecule has 0 saturated heterocycles. The lowest BCUT2D eigenvalue weighted by atomic mass is 9.88. The van der Waals surface area contributed by atoms with Crippen LogP contribution in [-0.2, 0) is 14.9 Å². The Morgan fingerprint density at radius 1 is 1.38 bits per heavy atom. The molecule has 8 heteroatoms. The van der Waals surface area contributed by atoms with Crippen LogP contribution in [0.1, 0.15) is 27.2 Å². The topological polar surface area (TPSA) is 63.6 Å². The highest BCUT2D eigenvalue weighted by molar-refractivity contribution is 7.85. The van der Waals surface area contributed by atoms with Crippen molar-refractivity contribution < 1.29 is 30.9 Å². The fraction of sp³-hybridized carbons (Fsp3) is 1.00. The maximum atomic E-state index is 12.7. The molecule has 0 fully saturated rings. The highest BCUT2D eigenvalue weighted by Gasteiger charge is 2.55. The predicted octanol–water partition coefficient (Wildman–Crippen LogP) is 2.22. The Kier molecular flexibility index (Phi) is 4.78. The Morgan fingerprint density at radius 2 is 1.81 bits per heavy atom.